The summed E-state index contributed by atoms with van der Waals surface area (Å²) in [6.07, 6.45) is 2.45. The lowest BCUT2D eigenvalue weighted by Gasteiger charge is -2.48. The van der Waals surface area contributed by atoms with Gasteiger partial charge in [-0.15, -0.1) is 0 Å². The van der Waals surface area contributed by atoms with Gasteiger partial charge in [-0.2, -0.15) is 0 Å². The lowest BCUT2D eigenvalue weighted by Crippen LogP contribution is -2.64. The minimum Gasteiger partial charge on any atom is -0.444 e. The monoisotopic (exact) mass is 587 g/mol. The summed E-state index contributed by atoms with van der Waals surface area (Å²) in [5, 5.41) is 0. The number of aryl methyl sites for hydroxylation is 1. The quantitative estimate of drug-likeness (QED) is 0.519. The van der Waals surface area contributed by atoms with E-state index in [1.165, 1.54) is 0 Å². The lowest BCUT2D eigenvalue weighted by atomic mass is 9.91. The van der Waals surface area contributed by atoms with Crippen LogP contribution >= 0.6 is 0 Å². The highest BCUT2D eigenvalue weighted by molar-refractivity contribution is 5.97. The Hall–Kier alpha value is -2.43. The number of fused-ring (bicyclic) bond motifs is 1. The highest BCUT2D eigenvalue weighted by Crippen LogP contribution is 2.39. The highest BCUT2D eigenvalue weighted by Gasteiger charge is 2.43. The third kappa shape index (κ3) is 7.37. The van der Waals surface area contributed by atoms with E-state index in [1.807, 2.05) is 43.6 Å². The zero-order valence-corrected chi connectivity index (χ0v) is 27.3. The number of rotatable bonds is 7. The molecule has 0 bridgehead atoms. The van der Waals surface area contributed by atoms with Gasteiger partial charge in [0.2, 0.25) is 5.91 Å². The first-order chi connectivity index (χ1) is 19.6. The number of unbranched alkanes of at least 4 members (excludes halogenated alkanes) is 1. The molecular formula is C32H53N5O5. The number of aromatic nitrogens is 1. The predicted octanol–water partition coefficient (Wildman–Crippen LogP) is 3.76. The number of pyridine rings is 1. The Balaban J connectivity index is 1.58. The van der Waals surface area contributed by atoms with Crippen molar-refractivity contribution in [1.82, 2.24) is 19.7 Å². The van der Waals surface area contributed by atoms with Gasteiger partial charge in [-0.3, -0.25) is 19.4 Å². The van der Waals surface area contributed by atoms with Crippen molar-refractivity contribution in [1.29, 1.82) is 0 Å². The second-order valence-corrected chi connectivity index (χ2v) is 14.4. The molecule has 1 aromatic heterocycles. The topological polar surface area (TPSA) is 98.4 Å². The summed E-state index contributed by atoms with van der Waals surface area (Å²) in [7, 11) is 0. The molecule has 236 valence electrons. The number of hydrogen-bond acceptors (Lipinski definition) is 7. The fraction of sp³-hybridized carbons (Fsp3) is 0.781. The highest BCUT2D eigenvalue weighted by atomic mass is 16.6. The van der Waals surface area contributed by atoms with Crippen molar-refractivity contribution in [2.45, 2.75) is 117 Å². The fourth-order valence-electron chi connectivity index (χ4n) is 6.43. The molecule has 4 heterocycles. The van der Waals surface area contributed by atoms with Crippen molar-refractivity contribution in [3.63, 3.8) is 0 Å². The van der Waals surface area contributed by atoms with Gasteiger partial charge in [0.05, 0.1) is 24.9 Å². The number of carbonyl (C=O) groups is 2. The molecule has 42 heavy (non-hydrogen) atoms. The molecule has 0 unspecified atom stereocenters. The number of anilines is 1. The minimum absolute atomic E-state index is 0.0154. The van der Waals surface area contributed by atoms with E-state index in [0.717, 1.165) is 42.9 Å². The molecule has 2 fully saturated rings. The normalized spacial score (nSPS) is 26.8. The van der Waals surface area contributed by atoms with Gasteiger partial charge in [0.25, 0.3) is 5.56 Å². The van der Waals surface area contributed by atoms with Gasteiger partial charge in [0.1, 0.15) is 5.60 Å². The van der Waals surface area contributed by atoms with Gasteiger partial charge in [-0.1, -0.05) is 27.2 Å². The Labute approximate surface area is 251 Å². The Morgan fingerprint density at radius 3 is 2.48 bits per heavy atom. The van der Waals surface area contributed by atoms with Crippen LogP contribution in [0.5, 0.6) is 0 Å². The second-order valence-electron chi connectivity index (χ2n) is 14.4. The Morgan fingerprint density at radius 1 is 1.10 bits per heavy atom. The zero-order chi connectivity index (χ0) is 31.0. The number of morpholine rings is 1. The summed E-state index contributed by atoms with van der Waals surface area (Å²) < 4.78 is 11.6. The van der Waals surface area contributed by atoms with Gasteiger partial charge in [0, 0.05) is 67.5 Å². The number of hydrogen-bond donors (Lipinski definition) is 1. The van der Waals surface area contributed by atoms with E-state index in [0.29, 0.717) is 32.7 Å². The molecule has 0 aliphatic carbocycles. The molecule has 1 N–H and O–H groups in total. The molecule has 0 spiro atoms. The first-order valence-corrected chi connectivity index (χ1v) is 15.8. The van der Waals surface area contributed by atoms with Crippen molar-refractivity contribution < 1.29 is 19.1 Å². The number of amides is 2. The Bertz CT molecular complexity index is 1190. The second kappa shape index (κ2) is 12.7. The molecule has 3 aliphatic rings. The van der Waals surface area contributed by atoms with Crippen molar-refractivity contribution >= 4 is 17.7 Å². The number of piperazine rings is 1. The molecule has 10 heteroatoms. The van der Waals surface area contributed by atoms with Crippen LogP contribution in [0.25, 0.3) is 0 Å². The number of carbonyl (C=O) groups excluding carboxylic acids is 2. The number of H-pyrrole nitrogens is 1. The third-order valence-corrected chi connectivity index (χ3v) is 8.82. The molecule has 4 atom stereocenters. The number of nitrogens with zero attached hydrogens (tertiary/aromatic N) is 4. The molecular weight excluding hydrogens is 534 g/mol. The van der Waals surface area contributed by atoms with E-state index in [2.05, 4.69) is 49.4 Å². The Kier molecular flexibility index (Phi) is 9.79. The van der Waals surface area contributed by atoms with Crippen LogP contribution in [0.1, 0.15) is 86.4 Å². The molecule has 0 saturated carbocycles. The molecule has 10 nitrogen and oxygen atoms in total. The average molecular weight is 588 g/mol. The van der Waals surface area contributed by atoms with Crippen LogP contribution in [0.2, 0.25) is 0 Å². The van der Waals surface area contributed by atoms with Gasteiger partial charge in [0.15, 0.2) is 0 Å². The van der Waals surface area contributed by atoms with E-state index in [9.17, 15) is 14.4 Å². The maximum Gasteiger partial charge on any atom is 0.410 e. The van der Waals surface area contributed by atoms with Gasteiger partial charge in [-0.25, -0.2) is 4.79 Å². The van der Waals surface area contributed by atoms with Crippen LogP contribution < -0.4 is 10.5 Å². The van der Waals surface area contributed by atoms with Crippen molar-refractivity contribution in [2.24, 2.45) is 0 Å². The first-order valence-electron chi connectivity index (χ1n) is 15.8. The van der Waals surface area contributed by atoms with Crippen LogP contribution in [0.3, 0.4) is 0 Å². The summed E-state index contributed by atoms with van der Waals surface area (Å²) in [5.41, 5.74) is 1.40. The van der Waals surface area contributed by atoms with E-state index in [4.69, 9.17) is 9.47 Å². The number of nitrogens with one attached hydrogen (secondary N) is 1. The molecule has 3 aliphatic heterocycles. The zero-order valence-electron chi connectivity index (χ0n) is 27.3. The predicted molar refractivity (Wildman–Crippen MR) is 165 cm³/mol. The Morgan fingerprint density at radius 2 is 1.81 bits per heavy atom. The number of ether oxygens (including phenoxy) is 2. The summed E-state index contributed by atoms with van der Waals surface area (Å²) in [4.78, 5) is 51.6. The molecule has 2 saturated heterocycles. The van der Waals surface area contributed by atoms with E-state index < -0.39 is 5.60 Å². The third-order valence-electron chi connectivity index (χ3n) is 8.82. The van der Waals surface area contributed by atoms with Gasteiger partial charge >= 0.3 is 6.09 Å². The number of aromatic amines is 1. The smallest absolute Gasteiger partial charge is 0.410 e. The van der Waals surface area contributed by atoms with Crippen molar-refractivity contribution in [2.75, 3.05) is 50.8 Å². The van der Waals surface area contributed by atoms with E-state index in [1.54, 1.807) is 0 Å². The molecule has 1 aromatic rings. The maximum atomic E-state index is 14.1. The summed E-state index contributed by atoms with van der Waals surface area (Å²) in [6, 6.07) is 2.03. The van der Waals surface area contributed by atoms with E-state index >= 15 is 0 Å². The van der Waals surface area contributed by atoms with E-state index in [-0.39, 0.29) is 53.7 Å². The molecule has 0 aromatic carbocycles. The van der Waals surface area contributed by atoms with Crippen LogP contribution in [-0.4, -0.2) is 107 Å². The van der Waals surface area contributed by atoms with Crippen molar-refractivity contribution in [3.8, 4) is 0 Å². The fourth-order valence-corrected chi connectivity index (χ4v) is 6.43. The first kappa shape index (κ1) is 32.5. The summed E-state index contributed by atoms with van der Waals surface area (Å²) in [5.74, 6) is 0.0154. The molecule has 4 rings (SSSR count). The van der Waals surface area contributed by atoms with Crippen LogP contribution in [0.15, 0.2) is 10.9 Å². The van der Waals surface area contributed by atoms with Gasteiger partial charge < -0.3 is 24.3 Å². The maximum absolute atomic E-state index is 14.1. The van der Waals surface area contributed by atoms with Crippen LogP contribution in [0.4, 0.5) is 10.5 Å². The lowest BCUT2D eigenvalue weighted by molar-refractivity contribution is -0.122. The van der Waals surface area contributed by atoms with Crippen molar-refractivity contribution in [3.05, 3.63) is 27.7 Å². The standard InChI is InChI=1S/C32H53N5O5/c1-10-11-12-24-13-26-28(33-29(24)39)32(8,9)20-37(26)27(38)18-35-14-21(2)36(30(40)42-31(5,6)7)17-25(35)16-34-15-23(4)41-19-22(34)3/h13,21-23,25H,10-12,14-20H2,1-9H3,(H,33,39)/t21-,22-,23+,25+/m1/s1. The molecule has 0 radical (unpaired) electrons. The summed E-state index contributed by atoms with van der Waals surface area (Å²) in [6.45, 7) is 22.2. The molecule has 2 amide bonds. The largest absolute Gasteiger partial charge is 0.444 e. The SMILES string of the molecule is CCCCc1cc2c([nH]c1=O)C(C)(C)CN2C(=O)CN1C[C@@H](C)N(C(=O)OC(C)(C)C)C[C@@H]1CN1C[C@H](C)OC[C@H]1C. The average Bonchev–Trinajstić information content (AvgIpc) is 3.14. The minimum atomic E-state index is -0.583. The summed E-state index contributed by atoms with van der Waals surface area (Å²) >= 11 is 0. The van der Waals surface area contributed by atoms with Crippen LogP contribution in [0, 0.1) is 0 Å². The van der Waals surface area contributed by atoms with Crippen LogP contribution in [-0.2, 0) is 26.1 Å². The van der Waals surface area contributed by atoms with Gasteiger partial charge in [-0.05, 0) is 60.5 Å².